The number of benzene rings is 3. The van der Waals surface area contributed by atoms with Gasteiger partial charge in [-0.15, -0.1) is 0 Å². The summed E-state index contributed by atoms with van der Waals surface area (Å²) in [6.45, 7) is 0.234. The fraction of sp³-hybridized carbons (Fsp3) is 0.160. The average molecular weight is 510 g/mol. The van der Waals surface area contributed by atoms with Crippen LogP contribution in [0.4, 0.5) is 0 Å². The fourth-order valence-corrected chi connectivity index (χ4v) is 3.25. The minimum atomic E-state index is -0.434. The Morgan fingerprint density at radius 1 is 0.970 bits per heavy atom. The monoisotopic (exact) mass is 509 g/mol. The van der Waals surface area contributed by atoms with Gasteiger partial charge in [0.15, 0.2) is 0 Å². The van der Waals surface area contributed by atoms with Crippen LogP contribution < -0.4 is 20.2 Å². The third-order valence-corrected chi connectivity index (χ3v) is 5.06. The van der Waals surface area contributed by atoms with E-state index >= 15 is 0 Å². The van der Waals surface area contributed by atoms with E-state index < -0.39 is 5.91 Å². The predicted molar refractivity (Wildman–Crippen MR) is 130 cm³/mol. The van der Waals surface area contributed by atoms with Gasteiger partial charge in [-0.2, -0.15) is 5.10 Å². The number of halogens is 1. The molecule has 8 heteroatoms. The molecule has 170 valence electrons. The molecular formula is C25H24BrN3O4. The van der Waals surface area contributed by atoms with Crippen LogP contribution in [0.1, 0.15) is 16.7 Å². The molecule has 0 saturated heterocycles. The summed E-state index contributed by atoms with van der Waals surface area (Å²) in [5.41, 5.74) is 4.98. The third-order valence-electron chi connectivity index (χ3n) is 4.57. The lowest BCUT2D eigenvalue weighted by atomic mass is 10.1. The summed E-state index contributed by atoms with van der Waals surface area (Å²) in [4.78, 5) is 24.1. The molecule has 0 aliphatic heterocycles. The van der Waals surface area contributed by atoms with E-state index in [0.29, 0.717) is 17.9 Å². The number of carbonyl (C=O) groups excluding carboxylic acids is 2. The number of nitrogens with zero attached hydrogens (tertiary/aromatic N) is 1. The van der Waals surface area contributed by atoms with Gasteiger partial charge in [0.2, 0.25) is 5.91 Å². The summed E-state index contributed by atoms with van der Waals surface area (Å²) >= 11 is 3.43. The van der Waals surface area contributed by atoms with Crippen LogP contribution >= 0.6 is 15.9 Å². The average Bonchev–Trinajstić information content (AvgIpc) is 2.83. The molecule has 0 bridgehead atoms. The minimum absolute atomic E-state index is 0.167. The van der Waals surface area contributed by atoms with Crippen molar-refractivity contribution in [1.82, 2.24) is 10.7 Å². The molecule has 0 atom stereocenters. The second kappa shape index (κ2) is 12.4. The van der Waals surface area contributed by atoms with E-state index in [2.05, 4.69) is 31.8 Å². The van der Waals surface area contributed by atoms with Gasteiger partial charge in [0.25, 0.3) is 5.91 Å². The summed E-state index contributed by atoms with van der Waals surface area (Å²) < 4.78 is 11.8. The van der Waals surface area contributed by atoms with Crippen molar-refractivity contribution < 1.29 is 19.1 Å². The van der Waals surface area contributed by atoms with Crippen LogP contribution in [0.3, 0.4) is 0 Å². The van der Waals surface area contributed by atoms with Crippen molar-refractivity contribution in [1.29, 1.82) is 0 Å². The number of rotatable bonds is 10. The maximum Gasteiger partial charge on any atom is 0.259 e. The molecule has 0 spiro atoms. The lowest BCUT2D eigenvalue weighted by Gasteiger charge is -2.10. The Morgan fingerprint density at radius 2 is 1.73 bits per heavy atom. The van der Waals surface area contributed by atoms with E-state index in [1.54, 1.807) is 31.4 Å². The summed E-state index contributed by atoms with van der Waals surface area (Å²) in [5.74, 6) is 0.655. The quantitative estimate of drug-likeness (QED) is 0.321. The highest BCUT2D eigenvalue weighted by molar-refractivity contribution is 9.10. The molecule has 0 unspecified atom stereocenters. The first-order chi connectivity index (χ1) is 16.0. The molecule has 0 aliphatic rings. The fourth-order valence-electron chi connectivity index (χ4n) is 2.87. The van der Waals surface area contributed by atoms with Gasteiger partial charge in [-0.1, -0.05) is 58.4 Å². The molecule has 2 amide bonds. The van der Waals surface area contributed by atoms with E-state index in [1.807, 2.05) is 48.5 Å². The minimum Gasteiger partial charge on any atom is -0.497 e. The molecule has 3 rings (SSSR count). The molecule has 33 heavy (non-hydrogen) atoms. The highest BCUT2D eigenvalue weighted by atomic mass is 79.9. The Bertz CT molecular complexity index is 1100. The van der Waals surface area contributed by atoms with E-state index in [-0.39, 0.29) is 18.9 Å². The molecule has 0 saturated carbocycles. The molecular weight excluding hydrogens is 486 g/mol. The molecule has 0 radical (unpaired) electrons. The van der Waals surface area contributed by atoms with Crippen molar-refractivity contribution in [3.05, 3.63) is 94.0 Å². The Morgan fingerprint density at radius 3 is 2.45 bits per heavy atom. The second-order valence-electron chi connectivity index (χ2n) is 7.05. The first-order valence-corrected chi connectivity index (χ1v) is 11.0. The topological polar surface area (TPSA) is 89.0 Å². The van der Waals surface area contributed by atoms with Crippen LogP contribution in [0.25, 0.3) is 0 Å². The Balaban J connectivity index is 1.48. The van der Waals surface area contributed by atoms with Gasteiger partial charge in [0, 0.05) is 10.0 Å². The maximum absolute atomic E-state index is 12.1. The number of nitrogens with one attached hydrogen (secondary N) is 2. The molecule has 0 aromatic heterocycles. The van der Waals surface area contributed by atoms with Crippen LogP contribution in [0, 0.1) is 0 Å². The standard InChI is InChI=1S/C25H24BrN3O4/c1-32-22-10-7-18(8-11-22)13-24(30)27-16-25(31)29-28-15-20-14-21(26)9-12-23(20)33-17-19-5-3-2-4-6-19/h2-12,14-15H,13,16-17H2,1H3,(H,27,30)(H,29,31)/b28-15-. The van der Waals surface area contributed by atoms with Crippen molar-refractivity contribution >= 4 is 34.0 Å². The maximum atomic E-state index is 12.1. The first kappa shape index (κ1) is 24.0. The van der Waals surface area contributed by atoms with Crippen LogP contribution in [-0.4, -0.2) is 31.7 Å². The largest absolute Gasteiger partial charge is 0.497 e. The highest BCUT2D eigenvalue weighted by Gasteiger charge is 2.07. The van der Waals surface area contributed by atoms with Gasteiger partial charge in [0.1, 0.15) is 18.1 Å². The Labute approximate surface area is 200 Å². The number of amides is 2. The smallest absolute Gasteiger partial charge is 0.259 e. The molecule has 0 aliphatic carbocycles. The van der Waals surface area contributed by atoms with Crippen LogP contribution in [0.5, 0.6) is 11.5 Å². The van der Waals surface area contributed by atoms with Crippen LogP contribution in [0.2, 0.25) is 0 Å². The van der Waals surface area contributed by atoms with Gasteiger partial charge < -0.3 is 14.8 Å². The van der Waals surface area contributed by atoms with E-state index in [4.69, 9.17) is 9.47 Å². The van der Waals surface area contributed by atoms with Gasteiger partial charge in [-0.05, 0) is 41.5 Å². The van der Waals surface area contributed by atoms with Crippen molar-refractivity contribution in [3.63, 3.8) is 0 Å². The Kier molecular flexibility index (Phi) is 9.02. The predicted octanol–water partition coefficient (Wildman–Crippen LogP) is 3.85. The van der Waals surface area contributed by atoms with Crippen molar-refractivity contribution in [2.75, 3.05) is 13.7 Å². The van der Waals surface area contributed by atoms with Crippen molar-refractivity contribution in [2.24, 2.45) is 5.10 Å². The normalized spacial score (nSPS) is 10.6. The number of methoxy groups -OCH3 is 1. The summed E-state index contributed by atoms with van der Waals surface area (Å²) in [6.07, 6.45) is 1.67. The molecule has 7 nitrogen and oxygen atoms in total. The van der Waals surface area contributed by atoms with Gasteiger partial charge in [0.05, 0.1) is 26.3 Å². The number of hydrogen-bond acceptors (Lipinski definition) is 5. The lowest BCUT2D eigenvalue weighted by molar-refractivity contribution is -0.125. The van der Waals surface area contributed by atoms with Crippen LogP contribution in [0.15, 0.2) is 82.4 Å². The number of hydrazone groups is 1. The zero-order chi connectivity index (χ0) is 23.5. The van der Waals surface area contributed by atoms with Gasteiger partial charge >= 0.3 is 0 Å². The van der Waals surface area contributed by atoms with E-state index in [9.17, 15) is 9.59 Å². The zero-order valence-electron chi connectivity index (χ0n) is 18.1. The number of carbonyl (C=O) groups is 2. The Hall–Kier alpha value is -3.65. The molecule has 0 heterocycles. The molecule has 0 fully saturated rings. The van der Waals surface area contributed by atoms with Crippen LogP contribution in [-0.2, 0) is 22.6 Å². The second-order valence-corrected chi connectivity index (χ2v) is 7.97. The SMILES string of the molecule is COc1ccc(CC(=O)NCC(=O)N/N=C\c2cc(Br)ccc2OCc2ccccc2)cc1. The number of ether oxygens (including phenoxy) is 2. The van der Waals surface area contributed by atoms with Gasteiger partial charge in [-0.3, -0.25) is 9.59 Å². The van der Waals surface area contributed by atoms with Crippen molar-refractivity contribution in [3.8, 4) is 11.5 Å². The molecule has 2 N–H and O–H groups in total. The third kappa shape index (κ3) is 8.08. The highest BCUT2D eigenvalue weighted by Crippen LogP contribution is 2.22. The zero-order valence-corrected chi connectivity index (χ0v) is 19.7. The van der Waals surface area contributed by atoms with E-state index in [0.717, 1.165) is 21.3 Å². The molecule has 3 aromatic carbocycles. The van der Waals surface area contributed by atoms with Crippen molar-refractivity contribution in [2.45, 2.75) is 13.0 Å². The first-order valence-electron chi connectivity index (χ1n) is 10.2. The summed E-state index contributed by atoms with van der Waals surface area (Å²) in [5, 5.41) is 6.57. The lowest BCUT2D eigenvalue weighted by Crippen LogP contribution is -2.35. The summed E-state index contributed by atoms with van der Waals surface area (Å²) in [6, 6.07) is 22.5. The van der Waals surface area contributed by atoms with E-state index in [1.165, 1.54) is 6.21 Å². The van der Waals surface area contributed by atoms with Gasteiger partial charge in [-0.25, -0.2) is 5.43 Å². The summed E-state index contributed by atoms with van der Waals surface area (Å²) in [7, 11) is 1.58. The number of hydrogen-bond donors (Lipinski definition) is 2. The molecule has 3 aromatic rings.